The Morgan fingerprint density at radius 1 is 1.38 bits per heavy atom. The highest BCUT2D eigenvalue weighted by atomic mass is 16.5. The summed E-state index contributed by atoms with van der Waals surface area (Å²) in [4.78, 5) is 12.7. The number of nitrogens with zero attached hydrogens (tertiary/aromatic N) is 2. The summed E-state index contributed by atoms with van der Waals surface area (Å²) in [6.07, 6.45) is 0.970. The molecule has 0 spiro atoms. The van der Waals surface area contributed by atoms with Crippen LogP contribution in [-0.2, 0) is 4.74 Å². The Morgan fingerprint density at radius 2 is 2.00 bits per heavy atom. The van der Waals surface area contributed by atoms with Crippen molar-refractivity contribution < 1.29 is 9.53 Å². The van der Waals surface area contributed by atoms with Gasteiger partial charge in [0.25, 0.3) is 0 Å². The monoisotopic (exact) mass is 221 g/mol. The van der Waals surface area contributed by atoms with Crippen LogP contribution in [-0.4, -0.2) is 33.5 Å². The largest absolute Gasteiger partial charge is 0.452 e. The summed E-state index contributed by atoms with van der Waals surface area (Å²) in [7, 11) is 5.24. The average Bonchev–Trinajstić information content (AvgIpc) is 2.29. The number of carbonyl (C=O) groups excluding carboxylic acids is 1. The van der Waals surface area contributed by atoms with Crippen molar-refractivity contribution in [3.63, 3.8) is 0 Å². The molecule has 0 heterocycles. The standard InChI is InChI=1S/C11H15N3O2/c1-14(2)10-6-4-9(5-7-10)8-12-13-11(15)16-3/h4-8H,1-3H3,(H,13,15)/b12-8-. The summed E-state index contributed by atoms with van der Waals surface area (Å²) >= 11 is 0. The van der Waals surface area contributed by atoms with Crippen molar-refractivity contribution in [3.8, 4) is 0 Å². The number of carbonyl (C=O) groups is 1. The summed E-state index contributed by atoms with van der Waals surface area (Å²) < 4.78 is 4.37. The number of amides is 1. The first-order valence-corrected chi connectivity index (χ1v) is 4.78. The van der Waals surface area contributed by atoms with E-state index in [9.17, 15) is 4.79 Å². The van der Waals surface area contributed by atoms with Crippen molar-refractivity contribution in [3.05, 3.63) is 29.8 Å². The molecule has 1 rings (SSSR count). The number of hydrogen-bond donors (Lipinski definition) is 1. The van der Waals surface area contributed by atoms with Crippen LogP contribution < -0.4 is 10.3 Å². The minimum absolute atomic E-state index is 0.582. The third kappa shape index (κ3) is 3.61. The van der Waals surface area contributed by atoms with Gasteiger partial charge in [-0.1, -0.05) is 12.1 Å². The molecular formula is C11H15N3O2. The Labute approximate surface area is 94.7 Å². The molecule has 0 saturated carbocycles. The molecule has 0 aromatic heterocycles. The number of ether oxygens (including phenoxy) is 1. The number of methoxy groups -OCH3 is 1. The second-order valence-electron chi connectivity index (χ2n) is 3.35. The fourth-order valence-corrected chi connectivity index (χ4v) is 1.06. The van der Waals surface area contributed by atoms with E-state index in [0.29, 0.717) is 0 Å². The molecule has 1 aromatic rings. The predicted molar refractivity (Wildman–Crippen MR) is 63.9 cm³/mol. The van der Waals surface area contributed by atoms with Crippen molar-refractivity contribution in [2.75, 3.05) is 26.1 Å². The fourth-order valence-electron chi connectivity index (χ4n) is 1.06. The van der Waals surface area contributed by atoms with Crippen molar-refractivity contribution in [1.29, 1.82) is 0 Å². The molecule has 0 aliphatic carbocycles. The third-order valence-electron chi connectivity index (χ3n) is 1.96. The van der Waals surface area contributed by atoms with Gasteiger partial charge in [0.2, 0.25) is 0 Å². The minimum atomic E-state index is -0.582. The van der Waals surface area contributed by atoms with Crippen LogP contribution >= 0.6 is 0 Å². The molecule has 0 aliphatic heterocycles. The summed E-state index contributed by atoms with van der Waals surface area (Å²) in [6, 6.07) is 7.77. The smallest absolute Gasteiger partial charge is 0.427 e. The van der Waals surface area contributed by atoms with E-state index in [1.54, 1.807) is 6.21 Å². The van der Waals surface area contributed by atoms with E-state index >= 15 is 0 Å². The molecule has 5 nitrogen and oxygen atoms in total. The second-order valence-corrected chi connectivity index (χ2v) is 3.35. The molecule has 86 valence electrons. The lowest BCUT2D eigenvalue weighted by Crippen LogP contribution is -2.16. The van der Waals surface area contributed by atoms with Gasteiger partial charge in [-0.05, 0) is 17.7 Å². The van der Waals surface area contributed by atoms with Crippen molar-refractivity contribution in [1.82, 2.24) is 5.43 Å². The van der Waals surface area contributed by atoms with Crippen LogP contribution in [0.5, 0.6) is 0 Å². The predicted octanol–water partition coefficient (Wildman–Crippen LogP) is 1.44. The van der Waals surface area contributed by atoms with Crippen LogP contribution in [0, 0.1) is 0 Å². The normalized spacial score (nSPS) is 10.2. The third-order valence-corrected chi connectivity index (χ3v) is 1.96. The quantitative estimate of drug-likeness (QED) is 0.620. The van der Waals surface area contributed by atoms with E-state index in [1.165, 1.54) is 7.11 Å². The Morgan fingerprint density at radius 3 is 2.50 bits per heavy atom. The van der Waals surface area contributed by atoms with Gasteiger partial charge in [0.1, 0.15) is 0 Å². The molecule has 1 aromatic carbocycles. The maximum Gasteiger partial charge on any atom is 0.427 e. The first-order chi connectivity index (χ1) is 7.63. The second kappa shape index (κ2) is 5.75. The van der Waals surface area contributed by atoms with Gasteiger partial charge in [-0.3, -0.25) is 0 Å². The lowest BCUT2D eigenvalue weighted by atomic mass is 10.2. The molecule has 0 bridgehead atoms. The fraction of sp³-hybridized carbons (Fsp3) is 0.273. The number of benzene rings is 1. The highest BCUT2D eigenvalue weighted by Gasteiger charge is 1.95. The van der Waals surface area contributed by atoms with Gasteiger partial charge >= 0.3 is 6.09 Å². The highest BCUT2D eigenvalue weighted by molar-refractivity contribution is 5.81. The highest BCUT2D eigenvalue weighted by Crippen LogP contribution is 2.10. The van der Waals surface area contributed by atoms with Crippen LogP contribution in [0.3, 0.4) is 0 Å². The molecule has 0 saturated heterocycles. The van der Waals surface area contributed by atoms with E-state index in [1.807, 2.05) is 43.3 Å². The van der Waals surface area contributed by atoms with Crippen LogP contribution in [0.4, 0.5) is 10.5 Å². The van der Waals surface area contributed by atoms with Crippen LogP contribution in [0.2, 0.25) is 0 Å². The lowest BCUT2D eigenvalue weighted by molar-refractivity contribution is 0.171. The molecule has 1 N–H and O–H groups in total. The van der Waals surface area contributed by atoms with E-state index in [2.05, 4.69) is 15.3 Å². The summed E-state index contributed by atoms with van der Waals surface area (Å²) in [5.41, 5.74) is 4.23. The van der Waals surface area contributed by atoms with Gasteiger partial charge in [-0.15, -0.1) is 0 Å². The maximum absolute atomic E-state index is 10.7. The van der Waals surface area contributed by atoms with E-state index in [-0.39, 0.29) is 0 Å². The number of anilines is 1. The zero-order valence-corrected chi connectivity index (χ0v) is 9.60. The lowest BCUT2D eigenvalue weighted by Gasteiger charge is -2.11. The first kappa shape index (κ1) is 12.0. The first-order valence-electron chi connectivity index (χ1n) is 4.78. The van der Waals surface area contributed by atoms with Gasteiger partial charge in [0, 0.05) is 19.8 Å². The zero-order chi connectivity index (χ0) is 12.0. The Kier molecular flexibility index (Phi) is 4.32. The van der Waals surface area contributed by atoms with E-state index < -0.39 is 6.09 Å². The molecule has 0 aliphatic rings. The molecule has 0 atom stereocenters. The summed E-state index contributed by atoms with van der Waals surface area (Å²) in [5.74, 6) is 0. The zero-order valence-electron chi connectivity index (χ0n) is 9.60. The molecule has 1 amide bonds. The van der Waals surface area contributed by atoms with Gasteiger partial charge < -0.3 is 9.64 Å². The number of nitrogens with one attached hydrogen (secondary N) is 1. The SMILES string of the molecule is COC(=O)N/N=C\c1ccc(N(C)C)cc1. The topological polar surface area (TPSA) is 53.9 Å². The Bertz CT molecular complexity index is 371. The van der Waals surface area contributed by atoms with E-state index in [4.69, 9.17) is 0 Å². The number of hydrogen-bond acceptors (Lipinski definition) is 4. The molecule has 0 radical (unpaired) electrons. The van der Waals surface area contributed by atoms with Crippen LogP contribution in [0.25, 0.3) is 0 Å². The molecule has 5 heteroatoms. The Balaban J connectivity index is 2.58. The molecular weight excluding hydrogens is 206 g/mol. The van der Waals surface area contributed by atoms with Gasteiger partial charge in [0.15, 0.2) is 0 Å². The van der Waals surface area contributed by atoms with Crippen molar-refractivity contribution in [2.45, 2.75) is 0 Å². The molecule has 0 unspecified atom stereocenters. The Hall–Kier alpha value is -2.04. The van der Waals surface area contributed by atoms with Gasteiger partial charge in [-0.2, -0.15) is 5.10 Å². The minimum Gasteiger partial charge on any atom is -0.452 e. The number of rotatable bonds is 3. The van der Waals surface area contributed by atoms with Crippen molar-refractivity contribution >= 4 is 18.0 Å². The molecule has 16 heavy (non-hydrogen) atoms. The molecule has 0 fully saturated rings. The maximum atomic E-state index is 10.7. The van der Waals surface area contributed by atoms with Crippen LogP contribution in [0.15, 0.2) is 29.4 Å². The number of hydrazone groups is 1. The van der Waals surface area contributed by atoms with Gasteiger partial charge in [0.05, 0.1) is 13.3 Å². The van der Waals surface area contributed by atoms with Crippen LogP contribution in [0.1, 0.15) is 5.56 Å². The van der Waals surface area contributed by atoms with Gasteiger partial charge in [-0.25, -0.2) is 10.2 Å². The van der Waals surface area contributed by atoms with Crippen molar-refractivity contribution in [2.24, 2.45) is 5.10 Å². The summed E-state index contributed by atoms with van der Waals surface area (Å²) in [6.45, 7) is 0. The van der Waals surface area contributed by atoms with E-state index in [0.717, 1.165) is 11.3 Å². The average molecular weight is 221 g/mol. The summed E-state index contributed by atoms with van der Waals surface area (Å²) in [5, 5.41) is 3.72.